The molecule has 0 unspecified atom stereocenters. The van der Waals surface area contributed by atoms with Crippen LogP contribution in [0.3, 0.4) is 0 Å². The summed E-state index contributed by atoms with van der Waals surface area (Å²) >= 11 is 1.19. The summed E-state index contributed by atoms with van der Waals surface area (Å²) in [6.07, 6.45) is 1.64. The number of benzene rings is 1. The number of carbonyl (C=O) groups is 2. The van der Waals surface area contributed by atoms with Gasteiger partial charge < -0.3 is 15.4 Å². The van der Waals surface area contributed by atoms with Crippen molar-refractivity contribution >= 4 is 35.0 Å². The number of rotatable bonds is 3. The molecule has 0 spiro atoms. The van der Waals surface area contributed by atoms with Gasteiger partial charge in [-0.3, -0.25) is 9.59 Å². The molecule has 124 valence electrons. The average molecular weight is 343 g/mol. The van der Waals surface area contributed by atoms with E-state index in [2.05, 4.69) is 5.32 Å². The van der Waals surface area contributed by atoms with Gasteiger partial charge in [0.05, 0.1) is 17.1 Å². The Balaban J connectivity index is 1.83. The number of hydrogen-bond donors (Lipinski definition) is 1. The molecular weight excluding hydrogens is 326 g/mol. The minimum Gasteiger partial charge on any atom is -0.618 e. The first-order chi connectivity index (χ1) is 11.6. The topological polar surface area (TPSA) is 76.4 Å². The molecule has 0 saturated carbocycles. The molecule has 1 aromatic carbocycles. The van der Waals surface area contributed by atoms with E-state index in [0.717, 1.165) is 4.73 Å². The maximum absolute atomic E-state index is 12.8. The number of amides is 2. The molecule has 0 radical (unpaired) electrons. The van der Waals surface area contributed by atoms with Gasteiger partial charge in [-0.1, -0.05) is 12.1 Å². The Kier molecular flexibility index (Phi) is 4.71. The molecule has 0 bridgehead atoms. The van der Waals surface area contributed by atoms with Gasteiger partial charge in [0.25, 0.3) is 5.03 Å². The molecule has 2 heterocycles. The summed E-state index contributed by atoms with van der Waals surface area (Å²) in [5.74, 6) is -0.127. The maximum Gasteiger partial charge on any atom is 0.251 e. The first-order valence-electron chi connectivity index (χ1n) is 7.58. The molecule has 1 atom stereocenters. The second-order valence-corrected chi connectivity index (χ2v) is 6.53. The number of para-hydroxylation sites is 2. The van der Waals surface area contributed by atoms with Crippen molar-refractivity contribution < 1.29 is 14.3 Å². The Morgan fingerprint density at radius 1 is 1.33 bits per heavy atom. The number of nitrogens with zero attached hydrogens (tertiary/aromatic N) is 2. The fourth-order valence-corrected chi connectivity index (χ4v) is 3.47. The van der Waals surface area contributed by atoms with E-state index >= 15 is 0 Å². The molecule has 2 amide bonds. The Labute approximate surface area is 144 Å². The fourth-order valence-electron chi connectivity index (χ4n) is 2.70. The van der Waals surface area contributed by atoms with Crippen LogP contribution in [0.15, 0.2) is 53.7 Å². The number of pyridine rings is 1. The van der Waals surface area contributed by atoms with Crippen LogP contribution in [0.1, 0.15) is 13.3 Å². The van der Waals surface area contributed by atoms with Crippen LogP contribution in [0.4, 0.5) is 11.4 Å². The van der Waals surface area contributed by atoms with E-state index in [0.29, 0.717) is 16.4 Å². The number of nitrogens with one attached hydrogen (secondary N) is 1. The van der Waals surface area contributed by atoms with Gasteiger partial charge in [-0.15, -0.1) is 0 Å². The second-order valence-electron chi connectivity index (χ2n) is 5.54. The molecule has 0 saturated heterocycles. The molecule has 0 aliphatic carbocycles. The average Bonchev–Trinajstić information content (AvgIpc) is 2.68. The highest BCUT2D eigenvalue weighted by Crippen LogP contribution is 2.32. The van der Waals surface area contributed by atoms with E-state index in [1.165, 1.54) is 18.0 Å². The lowest BCUT2D eigenvalue weighted by Gasteiger charge is -2.27. The van der Waals surface area contributed by atoms with Gasteiger partial charge in [-0.2, -0.15) is 4.73 Å². The van der Waals surface area contributed by atoms with Crippen molar-refractivity contribution in [1.82, 2.24) is 0 Å². The summed E-state index contributed by atoms with van der Waals surface area (Å²) < 4.78 is 0.739. The number of hydrogen-bond acceptors (Lipinski definition) is 4. The third kappa shape index (κ3) is 3.35. The first-order valence-corrected chi connectivity index (χ1v) is 8.57. The van der Waals surface area contributed by atoms with E-state index in [1.807, 2.05) is 25.1 Å². The molecule has 6 nitrogen and oxygen atoms in total. The van der Waals surface area contributed by atoms with Crippen molar-refractivity contribution in [2.45, 2.75) is 24.4 Å². The zero-order valence-electron chi connectivity index (χ0n) is 13.1. The maximum atomic E-state index is 12.8. The summed E-state index contributed by atoms with van der Waals surface area (Å²) in [6, 6.07) is 12.1. The lowest BCUT2D eigenvalue weighted by atomic mass is 10.2. The zero-order chi connectivity index (χ0) is 17.1. The van der Waals surface area contributed by atoms with Crippen molar-refractivity contribution in [2.75, 3.05) is 16.0 Å². The summed E-state index contributed by atoms with van der Waals surface area (Å²) in [5.41, 5.74) is 1.31. The van der Waals surface area contributed by atoms with E-state index in [4.69, 9.17) is 0 Å². The monoisotopic (exact) mass is 343 g/mol. The first kappa shape index (κ1) is 16.3. The molecule has 1 aliphatic rings. The minimum absolute atomic E-state index is 0.113. The lowest BCUT2D eigenvalue weighted by Crippen LogP contribution is -2.40. The Morgan fingerprint density at radius 3 is 2.88 bits per heavy atom. The van der Waals surface area contributed by atoms with Gasteiger partial charge in [0, 0.05) is 24.6 Å². The van der Waals surface area contributed by atoms with Crippen molar-refractivity contribution in [3.05, 3.63) is 53.9 Å². The van der Waals surface area contributed by atoms with E-state index < -0.39 is 0 Å². The van der Waals surface area contributed by atoms with Crippen LogP contribution in [-0.4, -0.2) is 23.6 Å². The van der Waals surface area contributed by atoms with Crippen LogP contribution in [0, 0.1) is 5.21 Å². The van der Waals surface area contributed by atoms with Crippen LogP contribution < -0.4 is 14.9 Å². The molecule has 1 aromatic heterocycles. The number of fused-ring (bicyclic) bond motifs is 1. The largest absolute Gasteiger partial charge is 0.618 e. The quantitative estimate of drug-likeness (QED) is 0.526. The summed E-state index contributed by atoms with van der Waals surface area (Å²) in [4.78, 5) is 26.4. The lowest BCUT2D eigenvalue weighted by molar-refractivity contribution is -0.645. The molecule has 3 rings (SSSR count). The fraction of sp³-hybridized carbons (Fsp3) is 0.235. The van der Waals surface area contributed by atoms with Gasteiger partial charge in [0.1, 0.15) is 0 Å². The molecule has 24 heavy (non-hydrogen) atoms. The Morgan fingerprint density at radius 2 is 2.08 bits per heavy atom. The van der Waals surface area contributed by atoms with Gasteiger partial charge in [0.15, 0.2) is 6.20 Å². The number of anilines is 2. The molecule has 1 aliphatic heterocycles. The highest BCUT2D eigenvalue weighted by Gasteiger charge is 2.29. The van der Waals surface area contributed by atoms with Crippen LogP contribution in [-0.2, 0) is 9.59 Å². The van der Waals surface area contributed by atoms with Crippen LogP contribution >= 0.6 is 11.8 Å². The SMILES string of the molecule is C[C@H]1CC(=O)Nc2ccccc2N1C(=O)CSc1cccc[n+]1[O-]. The highest BCUT2D eigenvalue weighted by atomic mass is 32.2. The van der Waals surface area contributed by atoms with Crippen LogP contribution in [0.5, 0.6) is 0 Å². The summed E-state index contributed by atoms with van der Waals surface area (Å²) in [7, 11) is 0. The minimum atomic E-state index is -0.253. The smallest absolute Gasteiger partial charge is 0.251 e. The van der Waals surface area contributed by atoms with Gasteiger partial charge in [0.2, 0.25) is 11.8 Å². The predicted octanol–water partition coefficient (Wildman–Crippen LogP) is 2.18. The molecule has 0 fully saturated rings. The third-order valence-electron chi connectivity index (χ3n) is 3.76. The normalized spacial score (nSPS) is 17.0. The Bertz CT molecular complexity index is 781. The van der Waals surface area contributed by atoms with Crippen molar-refractivity contribution in [2.24, 2.45) is 0 Å². The summed E-state index contributed by atoms with van der Waals surface area (Å²) in [6.45, 7) is 1.85. The predicted molar refractivity (Wildman–Crippen MR) is 92.8 cm³/mol. The van der Waals surface area contributed by atoms with Gasteiger partial charge in [-0.25, -0.2) is 0 Å². The van der Waals surface area contributed by atoms with Gasteiger partial charge in [-0.05, 0) is 36.9 Å². The number of thioether (sulfide) groups is 1. The highest BCUT2D eigenvalue weighted by molar-refractivity contribution is 7.99. The second kappa shape index (κ2) is 6.92. The number of aromatic nitrogens is 1. The van der Waals surface area contributed by atoms with Crippen LogP contribution in [0.25, 0.3) is 0 Å². The Hall–Kier alpha value is -2.54. The van der Waals surface area contributed by atoms with Gasteiger partial charge >= 0.3 is 0 Å². The summed E-state index contributed by atoms with van der Waals surface area (Å²) in [5, 5.41) is 15.0. The van der Waals surface area contributed by atoms with E-state index in [1.54, 1.807) is 29.2 Å². The molecule has 1 N–H and O–H groups in total. The van der Waals surface area contributed by atoms with Crippen LogP contribution in [0.2, 0.25) is 0 Å². The van der Waals surface area contributed by atoms with E-state index in [9.17, 15) is 14.8 Å². The third-order valence-corrected chi connectivity index (χ3v) is 4.76. The van der Waals surface area contributed by atoms with Crippen molar-refractivity contribution in [1.29, 1.82) is 0 Å². The molecule has 7 heteroatoms. The number of carbonyl (C=O) groups excluding carboxylic acids is 2. The molecular formula is C17H17N3O3S. The zero-order valence-corrected chi connectivity index (χ0v) is 14.0. The van der Waals surface area contributed by atoms with Crippen molar-refractivity contribution in [3.63, 3.8) is 0 Å². The van der Waals surface area contributed by atoms with E-state index in [-0.39, 0.29) is 30.0 Å². The molecule has 2 aromatic rings. The van der Waals surface area contributed by atoms with Crippen molar-refractivity contribution in [3.8, 4) is 0 Å². The standard InChI is InChI=1S/C17H17N3O3S/c1-12-10-15(21)18-13-6-2-3-7-14(13)20(12)16(22)11-24-17-8-4-5-9-19(17)23/h2-9,12H,10-11H2,1H3,(H,18,21)/t12-/m0/s1.